The van der Waals surface area contributed by atoms with Gasteiger partial charge < -0.3 is 10.6 Å². The van der Waals surface area contributed by atoms with E-state index in [1.54, 1.807) is 12.1 Å². The summed E-state index contributed by atoms with van der Waals surface area (Å²) in [7, 11) is 0. The van der Waals surface area contributed by atoms with Gasteiger partial charge >= 0.3 is 0 Å². The summed E-state index contributed by atoms with van der Waals surface area (Å²) in [4.78, 5) is 8.88. The molecule has 1 aromatic carbocycles. The molecule has 4 nitrogen and oxygen atoms in total. The van der Waals surface area contributed by atoms with E-state index >= 15 is 0 Å². The summed E-state index contributed by atoms with van der Waals surface area (Å²) >= 11 is 12.0. The Morgan fingerprint density at radius 2 is 1.73 bits per heavy atom. The van der Waals surface area contributed by atoms with Crippen molar-refractivity contribution in [3.05, 3.63) is 40.1 Å². The molecule has 0 amide bonds. The van der Waals surface area contributed by atoms with Crippen LogP contribution in [0.1, 0.15) is 31.5 Å². The van der Waals surface area contributed by atoms with Crippen LogP contribution >= 0.6 is 23.2 Å². The summed E-state index contributed by atoms with van der Waals surface area (Å²) in [5.74, 6) is 2.33. The molecule has 2 N–H and O–H groups in total. The van der Waals surface area contributed by atoms with E-state index in [0.717, 1.165) is 23.1 Å². The van der Waals surface area contributed by atoms with Gasteiger partial charge in [-0.2, -0.15) is 0 Å². The molecule has 0 saturated heterocycles. The molecule has 0 aliphatic heterocycles. The predicted molar refractivity (Wildman–Crippen MR) is 92.4 cm³/mol. The second-order valence-corrected chi connectivity index (χ2v) is 6.38. The Balaban J connectivity index is 1.77. The fourth-order valence-corrected chi connectivity index (χ4v) is 3.00. The largest absolute Gasteiger partial charge is 0.367 e. The average molecular weight is 337 g/mol. The Bertz CT molecular complexity index is 669. The highest BCUT2D eigenvalue weighted by Crippen LogP contribution is 2.27. The monoisotopic (exact) mass is 336 g/mol. The molecule has 1 heterocycles. The van der Waals surface area contributed by atoms with Crippen LogP contribution in [0.2, 0.25) is 10.0 Å². The van der Waals surface area contributed by atoms with Crippen molar-refractivity contribution in [3.8, 4) is 0 Å². The molecule has 1 saturated carbocycles. The molecule has 1 aliphatic carbocycles. The highest BCUT2D eigenvalue weighted by atomic mass is 35.5. The van der Waals surface area contributed by atoms with Gasteiger partial charge in [-0.1, -0.05) is 36.0 Å². The first-order valence-electron chi connectivity index (χ1n) is 7.44. The van der Waals surface area contributed by atoms with Crippen LogP contribution in [0.15, 0.2) is 24.3 Å². The lowest BCUT2D eigenvalue weighted by Gasteiger charge is -2.14. The van der Waals surface area contributed by atoms with Crippen LogP contribution in [0.25, 0.3) is 0 Å². The molecular formula is C16H18Cl2N4. The predicted octanol–water partition coefficient (Wildman–Crippen LogP) is 5.19. The molecule has 2 aromatic rings. The second kappa shape index (κ2) is 6.71. The van der Waals surface area contributed by atoms with Crippen molar-refractivity contribution in [1.82, 2.24) is 9.97 Å². The lowest BCUT2D eigenvalue weighted by molar-refractivity contribution is 0.748. The minimum absolute atomic E-state index is 0.516. The van der Waals surface area contributed by atoms with Crippen molar-refractivity contribution in [2.45, 2.75) is 38.6 Å². The van der Waals surface area contributed by atoms with Gasteiger partial charge in [0.1, 0.15) is 17.5 Å². The van der Waals surface area contributed by atoms with E-state index in [1.165, 1.54) is 25.7 Å². The highest BCUT2D eigenvalue weighted by molar-refractivity contribution is 6.42. The van der Waals surface area contributed by atoms with E-state index in [9.17, 15) is 0 Å². The number of halogens is 2. The summed E-state index contributed by atoms with van der Waals surface area (Å²) in [6.45, 7) is 1.89. The fourth-order valence-electron chi connectivity index (χ4n) is 2.71. The number of rotatable bonds is 4. The maximum Gasteiger partial charge on any atom is 0.136 e. The van der Waals surface area contributed by atoms with Gasteiger partial charge in [0.15, 0.2) is 0 Å². The first kappa shape index (κ1) is 15.4. The smallest absolute Gasteiger partial charge is 0.136 e. The van der Waals surface area contributed by atoms with E-state index in [-0.39, 0.29) is 0 Å². The second-order valence-electron chi connectivity index (χ2n) is 5.57. The van der Waals surface area contributed by atoms with Gasteiger partial charge in [0.05, 0.1) is 10.0 Å². The third-order valence-electron chi connectivity index (χ3n) is 3.74. The molecule has 6 heteroatoms. The number of nitrogens with zero attached hydrogens (tertiary/aromatic N) is 2. The van der Waals surface area contributed by atoms with Gasteiger partial charge in [0, 0.05) is 17.8 Å². The van der Waals surface area contributed by atoms with E-state index in [1.807, 2.05) is 19.1 Å². The normalized spacial score (nSPS) is 15.0. The number of benzene rings is 1. The van der Waals surface area contributed by atoms with Crippen molar-refractivity contribution in [3.63, 3.8) is 0 Å². The Hall–Kier alpha value is -1.52. The van der Waals surface area contributed by atoms with Gasteiger partial charge in [-0.05, 0) is 38.0 Å². The molecule has 0 atom stereocenters. The summed E-state index contributed by atoms with van der Waals surface area (Å²) in [5, 5.41) is 7.79. The molecule has 0 spiro atoms. The number of anilines is 3. The van der Waals surface area contributed by atoms with Crippen LogP contribution in [0.3, 0.4) is 0 Å². The first-order chi connectivity index (χ1) is 10.6. The molecule has 22 heavy (non-hydrogen) atoms. The number of aromatic nitrogens is 2. The topological polar surface area (TPSA) is 49.8 Å². The number of aryl methyl sites for hydroxylation is 1. The van der Waals surface area contributed by atoms with Gasteiger partial charge in [0.2, 0.25) is 0 Å². The van der Waals surface area contributed by atoms with Gasteiger partial charge in [0.25, 0.3) is 0 Å². The van der Waals surface area contributed by atoms with Crippen molar-refractivity contribution in [2.75, 3.05) is 10.6 Å². The third kappa shape index (κ3) is 3.81. The quantitative estimate of drug-likeness (QED) is 0.806. The van der Waals surface area contributed by atoms with Crippen molar-refractivity contribution >= 4 is 40.5 Å². The van der Waals surface area contributed by atoms with Crippen LogP contribution in [0.4, 0.5) is 17.3 Å². The number of nitrogens with one attached hydrogen (secondary N) is 2. The summed E-state index contributed by atoms with van der Waals surface area (Å²) in [6, 6.07) is 7.86. The van der Waals surface area contributed by atoms with Gasteiger partial charge in [-0.25, -0.2) is 9.97 Å². The minimum atomic E-state index is 0.516. The lowest BCUT2D eigenvalue weighted by atomic mass is 10.2. The van der Waals surface area contributed by atoms with Gasteiger partial charge in [-0.3, -0.25) is 0 Å². The average Bonchev–Trinajstić information content (AvgIpc) is 2.95. The van der Waals surface area contributed by atoms with Gasteiger partial charge in [-0.15, -0.1) is 0 Å². The highest BCUT2D eigenvalue weighted by Gasteiger charge is 2.15. The molecular weight excluding hydrogens is 319 g/mol. The van der Waals surface area contributed by atoms with Crippen LogP contribution in [-0.4, -0.2) is 16.0 Å². The number of hydrogen-bond donors (Lipinski definition) is 2. The Morgan fingerprint density at radius 3 is 2.45 bits per heavy atom. The van der Waals surface area contributed by atoms with Crippen LogP contribution in [0, 0.1) is 6.92 Å². The maximum absolute atomic E-state index is 6.04. The standard InChI is InChI=1S/C16H18Cl2N4/c1-10-19-15(21-11-4-2-3-5-11)9-16(20-10)22-12-6-7-13(17)14(18)8-12/h6-9,11H,2-5H2,1H3,(H2,19,20,21,22). The van der Waals surface area contributed by atoms with Crippen LogP contribution < -0.4 is 10.6 Å². The molecule has 0 bridgehead atoms. The van der Waals surface area contributed by atoms with E-state index in [4.69, 9.17) is 23.2 Å². The molecule has 1 aromatic heterocycles. The van der Waals surface area contributed by atoms with E-state index < -0.39 is 0 Å². The maximum atomic E-state index is 6.04. The summed E-state index contributed by atoms with van der Waals surface area (Å²) in [5.41, 5.74) is 0.847. The van der Waals surface area contributed by atoms with E-state index in [0.29, 0.717) is 16.1 Å². The molecule has 1 aliphatic rings. The zero-order valence-corrected chi connectivity index (χ0v) is 13.9. The third-order valence-corrected chi connectivity index (χ3v) is 4.48. The molecule has 0 unspecified atom stereocenters. The fraction of sp³-hybridized carbons (Fsp3) is 0.375. The van der Waals surface area contributed by atoms with Crippen molar-refractivity contribution in [2.24, 2.45) is 0 Å². The van der Waals surface area contributed by atoms with Crippen molar-refractivity contribution in [1.29, 1.82) is 0 Å². The SMILES string of the molecule is Cc1nc(Nc2ccc(Cl)c(Cl)c2)cc(NC2CCCC2)n1. The molecule has 1 fully saturated rings. The molecule has 3 rings (SSSR count). The van der Waals surface area contributed by atoms with E-state index in [2.05, 4.69) is 20.6 Å². The zero-order valence-electron chi connectivity index (χ0n) is 12.4. The number of hydrogen-bond acceptors (Lipinski definition) is 4. The molecule has 0 radical (unpaired) electrons. The summed E-state index contributed by atoms with van der Waals surface area (Å²) in [6.07, 6.45) is 4.99. The Kier molecular flexibility index (Phi) is 4.69. The lowest BCUT2D eigenvalue weighted by Crippen LogP contribution is -2.16. The van der Waals surface area contributed by atoms with Crippen LogP contribution in [0.5, 0.6) is 0 Å². The Morgan fingerprint density at radius 1 is 1.00 bits per heavy atom. The minimum Gasteiger partial charge on any atom is -0.367 e. The van der Waals surface area contributed by atoms with Crippen LogP contribution in [-0.2, 0) is 0 Å². The Labute approximate surface area is 140 Å². The molecule has 116 valence electrons. The first-order valence-corrected chi connectivity index (χ1v) is 8.20. The summed E-state index contributed by atoms with van der Waals surface area (Å²) < 4.78 is 0. The van der Waals surface area contributed by atoms with Crippen molar-refractivity contribution < 1.29 is 0 Å². The zero-order chi connectivity index (χ0) is 15.5.